The molecular weight excluding hydrogens is 489 g/mol. The number of H-pyrrole nitrogens is 1. The minimum absolute atomic E-state index is 0.00481. The first-order valence-corrected chi connectivity index (χ1v) is 15.0. The molecule has 37 heavy (non-hydrogen) atoms. The van der Waals surface area contributed by atoms with Crippen LogP contribution < -0.4 is 10.1 Å². The fourth-order valence-corrected chi connectivity index (χ4v) is 7.20. The third-order valence-corrected chi connectivity index (χ3v) is 9.67. The van der Waals surface area contributed by atoms with E-state index in [1.807, 2.05) is 31.2 Å². The number of halogens is 1. The normalized spacial score (nSPS) is 20.8. The molecule has 6 nitrogen and oxygen atoms in total. The number of aromatic amines is 1. The second kappa shape index (κ2) is 10.8. The van der Waals surface area contributed by atoms with Gasteiger partial charge in [-0.15, -0.1) is 0 Å². The zero-order valence-electron chi connectivity index (χ0n) is 22.0. The number of aromatic nitrogens is 1. The maximum atomic E-state index is 14.3. The quantitative estimate of drug-likeness (QED) is 0.327. The van der Waals surface area contributed by atoms with E-state index < -0.39 is 16.2 Å². The van der Waals surface area contributed by atoms with Crippen LogP contribution in [-0.4, -0.2) is 49.6 Å². The zero-order valence-corrected chi connectivity index (χ0v) is 22.8. The Morgan fingerprint density at radius 2 is 1.89 bits per heavy atom. The van der Waals surface area contributed by atoms with Gasteiger partial charge in [-0.1, -0.05) is 31.9 Å². The van der Waals surface area contributed by atoms with Crippen molar-refractivity contribution in [2.24, 2.45) is 0 Å². The van der Waals surface area contributed by atoms with E-state index in [9.17, 15) is 12.8 Å². The second-order valence-corrected chi connectivity index (χ2v) is 12.5. The lowest BCUT2D eigenvalue weighted by atomic mass is 9.91. The summed E-state index contributed by atoms with van der Waals surface area (Å²) in [5.74, 6) is 0.830. The number of fused-ring (bicyclic) bond motifs is 3. The molecule has 0 spiro atoms. The zero-order chi connectivity index (χ0) is 26.2. The molecule has 3 aromatic rings. The van der Waals surface area contributed by atoms with E-state index in [2.05, 4.69) is 23.3 Å². The van der Waals surface area contributed by atoms with Gasteiger partial charge >= 0.3 is 0 Å². The Labute approximate surface area is 219 Å². The first-order chi connectivity index (χ1) is 17.8. The third kappa shape index (κ3) is 5.42. The molecule has 200 valence electrons. The van der Waals surface area contributed by atoms with Crippen LogP contribution in [0.4, 0.5) is 4.39 Å². The van der Waals surface area contributed by atoms with Crippen LogP contribution in [0, 0.1) is 0 Å². The Morgan fingerprint density at radius 1 is 1.14 bits per heavy atom. The Bertz CT molecular complexity index is 1330. The summed E-state index contributed by atoms with van der Waals surface area (Å²) >= 11 is 0. The Balaban J connectivity index is 1.39. The summed E-state index contributed by atoms with van der Waals surface area (Å²) in [6.45, 7) is 4.44. The van der Waals surface area contributed by atoms with Crippen molar-refractivity contribution >= 4 is 20.9 Å². The summed E-state index contributed by atoms with van der Waals surface area (Å²) in [7, 11) is -2.00. The number of nitrogens with zero attached hydrogens (tertiary/aromatic N) is 1. The molecule has 0 saturated heterocycles. The molecule has 1 fully saturated rings. The highest BCUT2D eigenvalue weighted by atomic mass is 32.2. The lowest BCUT2D eigenvalue weighted by molar-refractivity contribution is 0.262. The molecule has 8 heteroatoms. The van der Waals surface area contributed by atoms with Crippen LogP contribution in [-0.2, 0) is 16.4 Å². The predicted molar refractivity (Wildman–Crippen MR) is 145 cm³/mol. The molecule has 2 N–H and O–H groups in total. The highest BCUT2D eigenvalue weighted by Gasteiger charge is 2.38. The van der Waals surface area contributed by atoms with Gasteiger partial charge in [0.1, 0.15) is 11.9 Å². The number of sulfonamides is 1. The summed E-state index contributed by atoms with van der Waals surface area (Å²) in [5, 5.41) is 4.84. The molecule has 0 amide bonds. The van der Waals surface area contributed by atoms with Crippen molar-refractivity contribution in [1.29, 1.82) is 0 Å². The molecule has 1 aromatic heterocycles. The monoisotopic (exact) mass is 527 g/mol. The highest BCUT2D eigenvalue weighted by molar-refractivity contribution is 7.89. The number of methoxy groups -OCH3 is 1. The topological polar surface area (TPSA) is 74.4 Å². The summed E-state index contributed by atoms with van der Waals surface area (Å²) in [6.07, 6.45) is 4.17. The molecule has 2 unspecified atom stereocenters. The van der Waals surface area contributed by atoms with Gasteiger partial charge in [-0.25, -0.2) is 12.8 Å². The van der Waals surface area contributed by atoms with Crippen LogP contribution in [0.15, 0.2) is 47.4 Å². The molecule has 1 aliphatic heterocycles. The predicted octanol–water partition coefficient (Wildman–Crippen LogP) is 5.87. The first kappa shape index (κ1) is 26.2. The maximum absolute atomic E-state index is 14.3. The minimum Gasteiger partial charge on any atom is -0.497 e. The number of hydrogen-bond donors (Lipinski definition) is 2. The van der Waals surface area contributed by atoms with Gasteiger partial charge in [-0.05, 0) is 80.5 Å². The molecular formula is C29H38FN3O3S. The van der Waals surface area contributed by atoms with E-state index in [-0.39, 0.29) is 36.0 Å². The van der Waals surface area contributed by atoms with E-state index in [1.54, 1.807) is 19.2 Å². The van der Waals surface area contributed by atoms with Crippen LogP contribution in [0.3, 0.4) is 0 Å². The highest BCUT2D eigenvalue weighted by Crippen LogP contribution is 2.37. The van der Waals surface area contributed by atoms with Gasteiger partial charge in [0.25, 0.3) is 0 Å². The van der Waals surface area contributed by atoms with Crippen molar-refractivity contribution in [2.45, 2.75) is 88.0 Å². The van der Waals surface area contributed by atoms with Gasteiger partial charge in [0, 0.05) is 35.2 Å². The number of alkyl halides is 1. The van der Waals surface area contributed by atoms with E-state index in [0.29, 0.717) is 6.42 Å². The van der Waals surface area contributed by atoms with Gasteiger partial charge in [0.2, 0.25) is 10.0 Å². The number of nitrogens with one attached hydrogen (secondary N) is 2. The average Bonchev–Trinajstić information content (AvgIpc) is 3.67. The van der Waals surface area contributed by atoms with Gasteiger partial charge in [-0.3, -0.25) is 0 Å². The van der Waals surface area contributed by atoms with Gasteiger partial charge < -0.3 is 15.0 Å². The van der Waals surface area contributed by atoms with Crippen molar-refractivity contribution in [1.82, 2.24) is 14.6 Å². The van der Waals surface area contributed by atoms with Crippen molar-refractivity contribution in [2.75, 3.05) is 13.7 Å². The fraction of sp³-hybridized carbons (Fsp3) is 0.517. The molecule has 0 bridgehead atoms. The lowest BCUT2D eigenvalue weighted by Gasteiger charge is -2.30. The smallest absolute Gasteiger partial charge is 0.243 e. The van der Waals surface area contributed by atoms with Crippen molar-refractivity contribution in [3.8, 4) is 5.75 Å². The fourth-order valence-electron chi connectivity index (χ4n) is 5.50. The molecule has 5 rings (SSSR count). The number of unbranched alkanes of at least 4 members (excludes halogenated alkanes) is 1. The van der Waals surface area contributed by atoms with Crippen molar-refractivity contribution in [3.05, 3.63) is 59.3 Å². The van der Waals surface area contributed by atoms with Crippen LogP contribution >= 0.6 is 0 Å². The van der Waals surface area contributed by atoms with Crippen LogP contribution in [0.2, 0.25) is 0 Å². The first-order valence-electron chi connectivity index (χ1n) is 13.5. The molecule has 1 saturated carbocycles. The van der Waals surface area contributed by atoms with Crippen LogP contribution in [0.5, 0.6) is 5.75 Å². The molecule has 2 heterocycles. The molecule has 1 aliphatic carbocycles. The summed E-state index contributed by atoms with van der Waals surface area (Å²) in [5.41, 5.74) is 4.45. The average molecular weight is 528 g/mol. The van der Waals surface area contributed by atoms with Gasteiger partial charge in [-0.2, -0.15) is 4.31 Å². The van der Waals surface area contributed by atoms with E-state index in [4.69, 9.17) is 4.74 Å². The van der Waals surface area contributed by atoms with Crippen LogP contribution in [0.1, 0.15) is 75.2 Å². The van der Waals surface area contributed by atoms with E-state index in [0.717, 1.165) is 60.0 Å². The van der Waals surface area contributed by atoms with Gasteiger partial charge in [0.15, 0.2) is 0 Å². The van der Waals surface area contributed by atoms with Gasteiger partial charge in [0.05, 0.1) is 18.0 Å². The Hall–Kier alpha value is -2.42. The third-order valence-electron chi connectivity index (χ3n) is 7.70. The second-order valence-electron chi connectivity index (χ2n) is 10.6. The largest absolute Gasteiger partial charge is 0.497 e. The van der Waals surface area contributed by atoms with Crippen molar-refractivity contribution < 1.29 is 17.5 Å². The Kier molecular flexibility index (Phi) is 7.61. The van der Waals surface area contributed by atoms with Crippen LogP contribution in [0.25, 0.3) is 10.9 Å². The molecule has 2 aromatic carbocycles. The summed E-state index contributed by atoms with van der Waals surface area (Å²) < 4.78 is 48.3. The lowest BCUT2D eigenvalue weighted by Crippen LogP contribution is -2.38. The van der Waals surface area contributed by atoms with E-state index in [1.165, 1.54) is 9.87 Å². The number of hydrogen-bond acceptors (Lipinski definition) is 4. The maximum Gasteiger partial charge on any atom is 0.243 e. The molecule has 3 atom stereocenters. The standard InChI is InChI=1S/C29H38FN3O3S/c1-4-5-6-21(30)15-16-33(22-9-10-22)37(34,35)24-12-7-20(8-13-24)28-29-26(17-19(2)31-28)25-18-23(36-3)11-14-27(25)32-29/h7-8,11-14,18-19,21-22,28,31-32H,4-6,9-10,15-17H2,1-3H3/t19-,21?,28?/m0/s1. The summed E-state index contributed by atoms with van der Waals surface area (Å²) in [6, 6.07) is 13.5. The number of benzene rings is 2. The molecule has 0 radical (unpaired) electrons. The molecule has 2 aliphatic rings. The number of rotatable bonds is 11. The summed E-state index contributed by atoms with van der Waals surface area (Å²) in [4.78, 5) is 3.86. The SMILES string of the molecule is CCCCC(F)CCN(C1CC1)S(=O)(=O)c1ccc(C2N[C@@H](C)Cc3c2[nH]c2ccc(OC)cc32)cc1. The van der Waals surface area contributed by atoms with Crippen molar-refractivity contribution in [3.63, 3.8) is 0 Å². The van der Waals surface area contributed by atoms with E-state index >= 15 is 0 Å². The minimum atomic E-state index is -3.68. The Morgan fingerprint density at radius 3 is 2.57 bits per heavy atom. The number of ether oxygens (including phenoxy) is 1.